The van der Waals surface area contributed by atoms with Crippen molar-refractivity contribution in [3.05, 3.63) is 71.8 Å². The smallest absolute Gasteiger partial charge is 0.147 e. The standard InChI is InChI=1S/C20H20N4/c21-11-6-12-24(15-16-7-2-1-3-8-16)20-18(14-22)13-17-9-4-5-10-19(17)23-20/h1-5,7-10,13H,6,11-12,15,21H2. The van der Waals surface area contributed by atoms with Crippen molar-refractivity contribution < 1.29 is 0 Å². The summed E-state index contributed by atoms with van der Waals surface area (Å²) in [6.07, 6.45) is 0.853. The van der Waals surface area contributed by atoms with Gasteiger partial charge < -0.3 is 10.6 Å². The Bertz CT molecular complexity index is 852. The second kappa shape index (κ2) is 7.58. The summed E-state index contributed by atoms with van der Waals surface area (Å²) in [6.45, 7) is 2.09. The molecule has 2 aromatic carbocycles. The van der Waals surface area contributed by atoms with Gasteiger partial charge in [-0.3, -0.25) is 0 Å². The van der Waals surface area contributed by atoms with Crippen molar-refractivity contribution >= 4 is 16.7 Å². The number of benzene rings is 2. The number of hydrogen-bond acceptors (Lipinski definition) is 4. The normalized spacial score (nSPS) is 10.5. The van der Waals surface area contributed by atoms with Gasteiger partial charge in [0.05, 0.1) is 11.1 Å². The zero-order valence-corrected chi connectivity index (χ0v) is 13.5. The monoisotopic (exact) mass is 316 g/mol. The van der Waals surface area contributed by atoms with E-state index < -0.39 is 0 Å². The summed E-state index contributed by atoms with van der Waals surface area (Å²) >= 11 is 0. The Morgan fingerprint density at radius 2 is 1.79 bits per heavy atom. The van der Waals surface area contributed by atoms with Crippen molar-refractivity contribution in [2.75, 3.05) is 18.0 Å². The van der Waals surface area contributed by atoms with Crippen molar-refractivity contribution in [1.82, 2.24) is 4.98 Å². The molecule has 4 nitrogen and oxygen atoms in total. The molecule has 0 spiro atoms. The molecule has 0 aliphatic carbocycles. The number of pyridine rings is 1. The summed E-state index contributed by atoms with van der Waals surface area (Å²) in [6, 6.07) is 22.3. The largest absolute Gasteiger partial charge is 0.351 e. The van der Waals surface area contributed by atoms with Crippen LogP contribution in [0.1, 0.15) is 17.5 Å². The third-order valence-electron chi connectivity index (χ3n) is 3.97. The van der Waals surface area contributed by atoms with E-state index in [1.807, 2.05) is 48.5 Å². The molecular weight excluding hydrogens is 296 g/mol. The van der Waals surface area contributed by atoms with Gasteiger partial charge in [-0.15, -0.1) is 0 Å². The van der Waals surface area contributed by atoms with Gasteiger partial charge in [-0.2, -0.15) is 5.26 Å². The van der Waals surface area contributed by atoms with Crippen LogP contribution in [0.15, 0.2) is 60.7 Å². The Morgan fingerprint density at radius 1 is 1.04 bits per heavy atom. The summed E-state index contributed by atoms with van der Waals surface area (Å²) in [4.78, 5) is 6.90. The van der Waals surface area contributed by atoms with E-state index in [0.29, 0.717) is 18.7 Å². The van der Waals surface area contributed by atoms with Gasteiger partial charge >= 0.3 is 0 Å². The lowest BCUT2D eigenvalue weighted by molar-refractivity contribution is 0.726. The van der Waals surface area contributed by atoms with Gasteiger partial charge in [-0.1, -0.05) is 48.5 Å². The third kappa shape index (κ3) is 3.53. The average Bonchev–Trinajstić information content (AvgIpc) is 2.65. The van der Waals surface area contributed by atoms with Gasteiger partial charge in [-0.25, -0.2) is 4.98 Å². The Balaban J connectivity index is 2.02. The Labute approximate surface area is 142 Å². The van der Waals surface area contributed by atoms with Crippen LogP contribution in [-0.4, -0.2) is 18.1 Å². The fraction of sp³-hybridized carbons (Fsp3) is 0.200. The first-order valence-corrected chi connectivity index (χ1v) is 8.10. The van der Waals surface area contributed by atoms with E-state index in [-0.39, 0.29) is 0 Å². The SMILES string of the molecule is N#Cc1cc2ccccc2nc1N(CCCN)Cc1ccccc1. The number of nitriles is 1. The summed E-state index contributed by atoms with van der Waals surface area (Å²) in [5, 5.41) is 10.6. The van der Waals surface area contributed by atoms with E-state index in [9.17, 15) is 5.26 Å². The van der Waals surface area contributed by atoms with Crippen LogP contribution < -0.4 is 10.6 Å². The van der Waals surface area contributed by atoms with Crippen LogP contribution in [0.2, 0.25) is 0 Å². The average molecular weight is 316 g/mol. The zero-order chi connectivity index (χ0) is 16.8. The van der Waals surface area contributed by atoms with Gasteiger partial charge in [0, 0.05) is 18.5 Å². The van der Waals surface area contributed by atoms with Gasteiger partial charge in [0.2, 0.25) is 0 Å². The van der Waals surface area contributed by atoms with Crippen LogP contribution in [0.25, 0.3) is 10.9 Å². The third-order valence-corrected chi connectivity index (χ3v) is 3.97. The predicted octanol–water partition coefficient (Wildman–Crippen LogP) is 3.46. The van der Waals surface area contributed by atoms with Crippen LogP contribution >= 0.6 is 0 Å². The van der Waals surface area contributed by atoms with E-state index in [1.54, 1.807) is 0 Å². The molecule has 2 N–H and O–H groups in total. The number of nitrogens with zero attached hydrogens (tertiary/aromatic N) is 3. The number of hydrogen-bond donors (Lipinski definition) is 1. The molecule has 0 saturated carbocycles. The first-order valence-electron chi connectivity index (χ1n) is 8.10. The van der Waals surface area contributed by atoms with Crippen molar-refractivity contribution in [1.29, 1.82) is 5.26 Å². The second-order valence-electron chi connectivity index (χ2n) is 5.71. The van der Waals surface area contributed by atoms with Crippen molar-refractivity contribution in [3.63, 3.8) is 0 Å². The minimum Gasteiger partial charge on any atom is -0.351 e. The second-order valence-corrected chi connectivity index (χ2v) is 5.71. The number of rotatable bonds is 6. The number of anilines is 1. The quantitative estimate of drug-likeness (QED) is 0.756. The maximum absolute atomic E-state index is 9.58. The van der Waals surface area contributed by atoms with E-state index in [2.05, 4.69) is 23.1 Å². The Hall–Kier alpha value is -2.90. The van der Waals surface area contributed by atoms with Crippen LogP contribution in [0.3, 0.4) is 0 Å². The van der Waals surface area contributed by atoms with Crippen LogP contribution in [-0.2, 0) is 6.54 Å². The fourth-order valence-electron chi connectivity index (χ4n) is 2.77. The fourth-order valence-corrected chi connectivity index (χ4v) is 2.77. The molecule has 4 heteroatoms. The molecule has 0 saturated heterocycles. The molecule has 3 rings (SSSR count). The van der Waals surface area contributed by atoms with Crippen LogP contribution in [0, 0.1) is 11.3 Å². The topological polar surface area (TPSA) is 65.9 Å². The molecule has 0 bridgehead atoms. The van der Waals surface area contributed by atoms with Gasteiger partial charge in [0.25, 0.3) is 0 Å². The first kappa shape index (κ1) is 16.0. The molecule has 24 heavy (non-hydrogen) atoms. The molecule has 0 fully saturated rings. The molecule has 1 aromatic heterocycles. The Morgan fingerprint density at radius 3 is 2.54 bits per heavy atom. The number of fused-ring (bicyclic) bond motifs is 1. The van der Waals surface area contributed by atoms with E-state index in [4.69, 9.17) is 10.7 Å². The lowest BCUT2D eigenvalue weighted by Gasteiger charge is -2.25. The number of nitrogens with two attached hydrogens (primary N) is 1. The minimum absolute atomic E-state index is 0.599. The van der Waals surface area contributed by atoms with Gasteiger partial charge in [0.1, 0.15) is 11.9 Å². The lowest BCUT2D eigenvalue weighted by Crippen LogP contribution is -2.27. The molecule has 3 aromatic rings. The van der Waals surface area contributed by atoms with Crippen LogP contribution in [0.5, 0.6) is 0 Å². The number of para-hydroxylation sites is 1. The van der Waals surface area contributed by atoms with E-state index >= 15 is 0 Å². The minimum atomic E-state index is 0.599. The summed E-state index contributed by atoms with van der Waals surface area (Å²) in [5.41, 5.74) is 8.38. The zero-order valence-electron chi connectivity index (χ0n) is 13.5. The summed E-state index contributed by atoms with van der Waals surface area (Å²) in [7, 11) is 0. The molecule has 0 unspecified atom stereocenters. The molecule has 0 aliphatic heterocycles. The lowest BCUT2D eigenvalue weighted by atomic mass is 10.1. The van der Waals surface area contributed by atoms with Crippen molar-refractivity contribution in [3.8, 4) is 6.07 Å². The predicted molar refractivity (Wildman–Crippen MR) is 97.6 cm³/mol. The Kier molecular flexibility index (Phi) is 5.05. The molecule has 1 heterocycles. The van der Waals surface area contributed by atoms with Gasteiger partial charge in [0.15, 0.2) is 0 Å². The van der Waals surface area contributed by atoms with Crippen LogP contribution in [0.4, 0.5) is 5.82 Å². The molecule has 120 valence electrons. The highest BCUT2D eigenvalue weighted by Gasteiger charge is 2.15. The van der Waals surface area contributed by atoms with Crippen molar-refractivity contribution in [2.24, 2.45) is 5.73 Å². The summed E-state index contributed by atoms with van der Waals surface area (Å²) in [5.74, 6) is 0.730. The highest BCUT2D eigenvalue weighted by Crippen LogP contribution is 2.24. The maximum Gasteiger partial charge on any atom is 0.147 e. The van der Waals surface area contributed by atoms with E-state index in [0.717, 1.165) is 29.7 Å². The van der Waals surface area contributed by atoms with Crippen molar-refractivity contribution in [2.45, 2.75) is 13.0 Å². The first-order chi connectivity index (χ1) is 11.8. The van der Waals surface area contributed by atoms with Gasteiger partial charge in [-0.05, 0) is 30.7 Å². The summed E-state index contributed by atoms with van der Waals surface area (Å²) < 4.78 is 0. The molecular formula is C20H20N4. The molecule has 0 radical (unpaired) electrons. The molecule has 0 atom stereocenters. The highest BCUT2D eigenvalue weighted by molar-refractivity contribution is 5.83. The molecule has 0 aliphatic rings. The molecule has 0 amide bonds. The van der Waals surface area contributed by atoms with E-state index in [1.165, 1.54) is 5.56 Å². The highest BCUT2D eigenvalue weighted by atomic mass is 15.2. The maximum atomic E-state index is 9.58. The number of aromatic nitrogens is 1.